The molecule has 2 unspecified atom stereocenters. The second-order valence-electron chi connectivity index (χ2n) is 4.69. The Balaban J connectivity index is 1.94. The molecule has 0 aliphatic carbocycles. The van der Waals surface area contributed by atoms with E-state index in [1.54, 1.807) is 0 Å². The van der Waals surface area contributed by atoms with Crippen LogP contribution in [0.2, 0.25) is 0 Å². The molecular formula is C13H17N3. The Morgan fingerprint density at radius 1 is 1.31 bits per heavy atom. The zero-order valence-electron chi connectivity index (χ0n) is 9.56. The van der Waals surface area contributed by atoms with E-state index in [4.69, 9.17) is 0 Å². The average Bonchev–Trinajstić information content (AvgIpc) is 2.74. The van der Waals surface area contributed by atoms with Crippen molar-refractivity contribution in [2.45, 2.75) is 31.8 Å². The third-order valence-electron chi connectivity index (χ3n) is 3.49. The number of nitrogens with zero attached hydrogens (tertiary/aromatic N) is 2. The molecule has 3 rings (SSSR count). The van der Waals surface area contributed by atoms with Crippen LogP contribution < -0.4 is 5.32 Å². The molecule has 0 spiro atoms. The molecular weight excluding hydrogens is 198 g/mol. The van der Waals surface area contributed by atoms with Crippen LogP contribution in [-0.2, 0) is 0 Å². The van der Waals surface area contributed by atoms with Gasteiger partial charge in [0, 0.05) is 18.0 Å². The quantitative estimate of drug-likeness (QED) is 0.791. The Hall–Kier alpha value is -1.35. The lowest BCUT2D eigenvalue weighted by atomic mass is 10.0. The summed E-state index contributed by atoms with van der Waals surface area (Å²) in [6.45, 7) is 3.28. The summed E-state index contributed by atoms with van der Waals surface area (Å²) in [6.07, 6.45) is 4.42. The molecule has 1 aliphatic heterocycles. The first-order valence-electron chi connectivity index (χ1n) is 6.00. The Morgan fingerprint density at radius 3 is 3.00 bits per heavy atom. The minimum atomic E-state index is 0.510. The Morgan fingerprint density at radius 2 is 2.19 bits per heavy atom. The van der Waals surface area contributed by atoms with Crippen LogP contribution in [-0.4, -0.2) is 22.4 Å². The van der Waals surface area contributed by atoms with Gasteiger partial charge in [-0.05, 0) is 25.8 Å². The van der Waals surface area contributed by atoms with Crippen LogP contribution in [0.25, 0.3) is 10.9 Å². The summed E-state index contributed by atoms with van der Waals surface area (Å²) < 4.78 is 2.17. The highest BCUT2D eigenvalue weighted by Gasteiger charge is 2.20. The van der Waals surface area contributed by atoms with Gasteiger partial charge in [0.1, 0.15) is 0 Å². The maximum Gasteiger partial charge on any atom is 0.0686 e. The van der Waals surface area contributed by atoms with Gasteiger partial charge in [0.25, 0.3) is 0 Å². The summed E-state index contributed by atoms with van der Waals surface area (Å²) in [6, 6.07) is 9.58. The molecule has 3 nitrogen and oxygen atoms in total. The van der Waals surface area contributed by atoms with Crippen molar-refractivity contribution < 1.29 is 0 Å². The standard InChI is InChI=1S/C13H17N3/c1-10-6-7-12(9-14-10)16-13-5-3-2-4-11(13)8-15-16/h2-5,8,10,12,14H,6-7,9H2,1H3. The van der Waals surface area contributed by atoms with Gasteiger partial charge in [0.05, 0.1) is 17.8 Å². The molecule has 84 valence electrons. The molecule has 0 saturated carbocycles. The predicted octanol–water partition coefficient (Wildman–Crippen LogP) is 2.35. The third kappa shape index (κ3) is 1.61. The number of benzene rings is 1. The van der Waals surface area contributed by atoms with Crippen molar-refractivity contribution >= 4 is 10.9 Å². The summed E-state index contributed by atoms with van der Waals surface area (Å²) in [4.78, 5) is 0. The van der Waals surface area contributed by atoms with Gasteiger partial charge >= 0.3 is 0 Å². The lowest BCUT2D eigenvalue weighted by Gasteiger charge is -2.28. The first-order valence-corrected chi connectivity index (χ1v) is 6.00. The van der Waals surface area contributed by atoms with Crippen LogP contribution in [0.4, 0.5) is 0 Å². The van der Waals surface area contributed by atoms with Crippen LogP contribution in [0.3, 0.4) is 0 Å². The summed E-state index contributed by atoms with van der Waals surface area (Å²) in [5.41, 5.74) is 1.25. The van der Waals surface area contributed by atoms with E-state index in [1.165, 1.54) is 23.7 Å². The highest BCUT2D eigenvalue weighted by Crippen LogP contribution is 2.23. The fraction of sp³-hybridized carbons (Fsp3) is 0.462. The second kappa shape index (κ2) is 3.91. The highest BCUT2D eigenvalue weighted by atomic mass is 15.3. The summed E-state index contributed by atoms with van der Waals surface area (Å²) in [5.74, 6) is 0. The number of rotatable bonds is 1. The maximum absolute atomic E-state index is 4.52. The lowest BCUT2D eigenvalue weighted by molar-refractivity contribution is 0.309. The van der Waals surface area contributed by atoms with Crippen LogP contribution in [0.5, 0.6) is 0 Å². The molecule has 1 aromatic carbocycles. The molecule has 16 heavy (non-hydrogen) atoms. The normalized spacial score (nSPS) is 26.1. The molecule has 0 bridgehead atoms. The Bertz CT molecular complexity index is 481. The molecule has 2 aromatic rings. The molecule has 0 radical (unpaired) electrons. The van der Waals surface area contributed by atoms with E-state index < -0.39 is 0 Å². The van der Waals surface area contributed by atoms with E-state index in [1.807, 2.05) is 6.20 Å². The van der Waals surface area contributed by atoms with Crippen LogP contribution >= 0.6 is 0 Å². The monoisotopic (exact) mass is 215 g/mol. The Labute approximate surface area is 95.5 Å². The van der Waals surface area contributed by atoms with E-state index in [2.05, 4.69) is 46.3 Å². The number of para-hydroxylation sites is 1. The molecule has 1 aromatic heterocycles. The van der Waals surface area contributed by atoms with E-state index in [0.717, 1.165) is 6.54 Å². The largest absolute Gasteiger partial charge is 0.312 e. The minimum Gasteiger partial charge on any atom is -0.312 e. The van der Waals surface area contributed by atoms with Gasteiger partial charge in [-0.1, -0.05) is 18.2 Å². The van der Waals surface area contributed by atoms with E-state index >= 15 is 0 Å². The van der Waals surface area contributed by atoms with Gasteiger partial charge in [-0.15, -0.1) is 0 Å². The van der Waals surface area contributed by atoms with Crippen LogP contribution in [0.1, 0.15) is 25.8 Å². The number of aromatic nitrogens is 2. The van der Waals surface area contributed by atoms with Gasteiger partial charge in [-0.3, -0.25) is 4.68 Å². The van der Waals surface area contributed by atoms with Crippen molar-refractivity contribution in [3.05, 3.63) is 30.5 Å². The van der Waals surface area contributed by atoms with Crippen molar-refractivity contribution in [1.82, 2.24) is 15.1 Å². The van der Waals surface area contributed by atoms with Gasteiger partial charge < -0.3 is 5.32 Å². The van der Waals surface area contributed by atoms with Gasteiger partial charge in [-0.2, -0.15) is 5.10 Å². The summed E-state index contributed by atoms with van der Waals surface area (Å²) >= 11 is 0. The molecule has 2 atom stereocenters. The van der Waals surface area contributed by atoms with E-state index in [-0.39, 0.29) is 0 Å². The smallest absolute Gasteiger partial charge is 0.0686 e. The van der Waals surface area contributed by atoms with Crippen molar-refractivity contribution in [3.8, 4) is 0 Å². The van der Waals surface area contributed by atoms with Gasteiger partial charge in [0.15, 0.2) is 0 Å². The topological polar surface area (TPSA) is 29.9 Å². The molecule has 3 heteroatoms. The highest BCUT2D eigenvalue weighted by molar-refractivity contribution is 5.78. The van der Waals surface area contributed by atoms with Crippen molar-refractivity contribution in [3.63, 3.8) is 0 Å². The average molecular weight is 215 g/mol. The first-order chi connectivity index (χ1) is 7.84. The van der Waals surface area contributed by atoms with E-state index in [9.17, 15) is 0 Å². The lowest BCUT2D eigenvalue weighted by Crippen LogP contribution is -2.38. The fourth-order valence-electron chi connectivity index (χ4n) is 2.48. The number of piperidine rings is 1. The summed E-state index contributed by atoms with van der Waals surface area (Å²) in [5, 5.41) is 9.28. The summed E-state index contributed by atoms with van der Waals surface area (Å²) in [7, 11) is 0. The van der Waals surface area contributed by atoms with Gasteiger partial charge in [0.2, 0.25) is 0 Å². The number of hydrogen-bond donors (Lipinski definition) is 1. The van der Waals surface area contributed by atoms with Crippen molar-refractivity contribution in [2.24, 2.45) is 0 Å². The van der Waals surface area contributed by atoms with E-state index in [0.29, 0.717) is 12.1 Å². The number of fused-ring (bicyclic) bond motifs is 1. The number of nitrogens with one attached hydrogen (secondary N) is 1. The van der Waals surface area contributed by atoms with Crippen LogP contribution in [0.15, 0.2) is 30.5 Å². The van der Waals surface area contributed by atoms with Crippen molar-refractivity contribution in [1.29, 1.82) is 0 Å². The SMILES string of the molecule is CC1CCC(n2ncc3ccccc32)CN1. The second-order valence-corrected chi connectivity index (χ2v) is 4.69. The molecule has 1 aliphatic rings. The van der Waals surface area contributed by atoms with Gasteiger partial charge in [-0.25, -0.2) is 0 Å². The fourth-order valence-corrected chi connectivity index (χ4v) is 2.48. The number of hydrogen-bond acceptors (Lipinski definition) is 2. The van der Waals surface area contributed by atoms with Crippen LogP contribution in [0, 0.1) is 0 Å². The molecule has 1 saturated heterocycles. The zero-order valence-corrected chi connectivity index (χ0v) is 9.56. The first kappa shape index (κ1) is 9.85. The maximum atomic E-state index is 4.52. The van der Waals surface area contributed by atoms with Crippen molar-refractivity contribution in [2.75, 3.05) is 6.54 Å². The zero-order chi connectivity index (χ0) is 11.0. The minimum absolute atomic E-state index is 0.510. The Kier molecular flexibility index (Phi) is 2.40. The predicted molar refractivity (Wildman–Crippen MR) is 65.5 cm³/mol. The molecule has 1 N–H and O–H groups in total. The molecule has 0 amide bonds. The molecule has 2 heterocycles. The molecule has 1 fully saturated rings. The third-order valence-corrected chi connectivity index (χ3v) is 3.49.